The summed E-state index contributed by atoms with van der Waals surface area (Å²) in [6, 6.07) is 1.97. The minimum absolute atomic E-state index is 0.601. The molecule has 1 aliphatic rings. The van der Waals surface area contributed by atoms with E-state index in [2.05, 4.69) is 39.0 Å². The van der Waals surface area contributed by atoms with Crippen molar-refractivity contribution in [1.29, 1.82) is 0 Å². The highest BCUT2D eigenvalue weighted by atomic mass is 79.9. The predicted octanol–water partition coefficient (Wildman–Crippen LogP) is 3.16. The van der Waals surface area contributed by atoms with Crippen LogP contribution in [0.4, 0.5) is 5.82 Å². The minimum Gasteiger partial charge on any atom is -0.383 e. The van der Waals surface area contributed by atoms with Gasteiger partial charge < -0.3 is 9.80 Å². The summed E-state index contributed by atoms with van der Waals surface area (Å²) in [5.41, 5.74) is 1.49. The molecule has 0 amide bonds. The van der Waals surface area contributed by atoms with Gasteiger partial charge in [0.25, 0.3) is 0 Å². The van der Waals surface area contributed by atoms with Crippen molar-refractivity contribution in [3.05, 3.63) is 42.7 Å². The standard InChI is InChI=1S/C13H16BrN3O.C2H4/c1-16(2)8-12(14)11-6-13(17-4-3-5-17)15-7-10(11)9-18;1-2/h6-9H,3-5H2,1-2H3;1-2H2/b12-8+;. The van der Waals surface area contributed by atoms with E-state index >= 15 is 0 Å². The summed E-state index contributed by atoms with van der Waals surface area (Å²) in [5.74, 6) is 0.936. The average Bonchev–Trinajstić information content (AvgIpc) is 2.38. The lowest BCUT2D eigenvalue weighted by molar-refractivity contribution is 0.112. The van der Waals surface area contributed by atoms with Crippen LogP contribution < -0.4 is 4.90 Å². The van der Waals surface area contributed by atoms with E-state index in [1.54, 1.807) is 6.20 Å². The molecule has 4 nitrogen and oxygen atoms in total. The van der Waals surface area contributed by atoms with Crippen LogP contribution in [0.15, 0.2) is 31.6 Å². The van der Waals surface area contributed by atoms with E-state index in [-0.39, 0.29) is 0 Å². The largest absolute Gasteiger partial charge is 0.383 e. The summed E-state index contributed by atoms with van der Waals surface area (Å²) in [6.07, 6.45) is 5.62. The average molecular weight is 338 g/mol. The van der Waals surface area contributed by atoms with Crippen LogP contribution in [0, 0.1) is 0 Å². The lowest BCUT2D eigenvalue weighted by Gasteiger charge is -2.32. The second-order valence-electron chi connectivity index (χ2n) is 4.53. The van der Waals surface area contributed by atoms with Gasteiger partial charge in [-0.1, -0.05) is 0 Å². The first-order valence-corrected chi connectivity index (χ1v) is 7.15. The van der Waals surface area contributed by atoms with Gasteiger partial charge in [-0.2, -0.15) is 0 Å². The molecule has 5 heteroatoms. The zero-order valence-electron chi connectivity index (χ0n) is 12.0. The minimum atomic E-state index is 0.601. The maximum atomic E-state index is 11.1. The van der Waals surface area contributed by atoms with Crippen molar-refractivity contribution in [2.45, 2.75) is 6.42 Å². The van der Waals surface area contributed by atoms with Gasteiger partial charge in [-0.05, 0) is 28.4 Å². The molecule has 20 heavy (non-hydrogen) atoms. The zero-order valence-corrected chi connectivity index (χ0v) is 13.6. The Hall–Kier alpha value is -1.62. The van der Waals surface area contributed by atoms with E-state index < -0.39 is 0 Å². The molecule has 2 heterocycles. The molecular formula is C15H20BrN3O. The molecule has 2 rings (SSSR count). The number of anilines is 1. The molecule has 0 spiro atoms. The van der Waals surface area contributed by atoms with Crippen molar-refractivity contribution in [2.24, 2.45) is 0 Å². The second-order valence-corrected chi connectivity index (χ2v) is 5.38. The number of hydrogen-bond donors (Lipinski definition) is 0. The number of aromatic nitrogens is 1. The van der Waals surface area contributed by atoms with Crippen LogP contribution in [0.3, 0.4) is 0 Å². The van der Waals surface area contributed by atoms with E-state index in [1.807, 2.05) is 31.3 Å². The Balaban J connectivity index is 0.000000956. The lowest BCUT2D eigenvalue weighted by atomic mass is 10.1. The molecule has 1 aromatic heterocycles. The summed E-state index contributed by atoms with van der Waals surface area (Å²) in [5, 5.41) is 0. The first-order chi connectivity index (χ1) is 9.61. The van der Waals surface area contributed by atoms with Gasteiger partial charge in [-0.15, -0.1) is 13.2 Å². The monoisotopic (exact) mass is 337 g/mol. The molecule has 1 saturated heterocycles. The molecular weight excluding hydrogens is 318 g/mol. The molecule has 1 aromatic rings. The van der Waals surface area contributed by atoms with E-state index in [9.17, 15) is 4.79 Å². The molecule has 0 aliphatic carbocycles. The highest BCUT2D eigenvalue weighted by molar-refractivity contribution is 9.15. The molecule has 0 atom stereocenters. The van der Waals surface area contributed by atoms with Gasteiger partial charge in [0.15, 0.2) is 6.29 Å². The van der Waals surface area contributed by atoms with Crippen LogP contribution in [0.5, 0.6) is 0 Å². The molecule has 0 radical (unpaired) electrons. The Labute approximate surface area is 128 Å². The number of carbonyl (C=O) groups excluding carboxylic acids is 1. The zero-order chi connectivity index (χ0) is 15.1. The van der Waals surface area contributed by atoms with Crippen molar-refractivity contribution >= 4 is 32.5 Å². The predicted molar refractivity (Wildman–Crippen MR) is 88.3 cm³/mol. The number of pyridine rings is 1. The third-order valence-corrected chi connectivity index (χ3v) is 3.49. The third kappa shape index (κ3) is 3.93. The highest BCUT2D eigenvalue weighted by Crippen LogP contribution is 2.28. The quantitative estimate of drug-likeness (QED) is 0.624. The smallest absolute Gasteiger partial charge is 0.152 e. The summed E-state index contributed by atoms with van der Waals surface area (Å²) in [4.78, 5) is 19.5. The van der Waals surface area contributed by atoms with Gasteiger partial charge in [0, 0.05) is 55.2 Å². The van der Waals surface area contributed by atoms with E-state index in [0.717, 1.165) is 35.2 Å². The summed E-state index contributed by atoms with van der Waals surface area (Å²) in [7, 11) is 3.89. The third-order valence-electron chi connectivity index (χ3n) is 2.86. The maximum absolute atomic E-state index is 11.1. The molecule has 0 unspecified atom stereocenters. The van der Waals surface area contributed by atoms with Crippen LogP contribution in [-0.4, -0.2) is 43.4 Å². The number of hydrogen-bond acceptors (Lipinski definition) is 4. The molecule has 1 fully saturated rings. The van der Waals surface area contributed by atoms with Crippen molar-refractivity contribution in [3.8, 4) is 0 Å². The lowest BCUT2D eigenvalue weighted by Crippen LogP contribution is -2.37. The fourth-order valence-corrected chi connectivity index (χ4v) is 2.52. The summed E-state index contributed by atoms with van der Waals surface area (Å²) < 4.78 is 0.888. The van der Waals surface area contributed by atoms with E-state index in [4.69, 9.17) is 0 Å². The summed E-state index contributed by atoms with van der Waals surface area (Å²) >= 11 is 3.52. The van der Waals surface area contributed by atoms with E-state index in [0.29, 0.717) is 5.56 Å². The topological polar surface area (TPSA) is 36.4 Å². The Kier molecular flexibility index (Phi) is 6.45. The highest BCUT2D eigenvalue weighted by Gasteiger charge is 2.17. The van der Waals surface area contributed by atoms with Crippen LogP contribution in [-0.2, 0) is 0 Å². The Bertz CT molecular complexity index is 496. The first kappa shape index (κ1) is 16.4. The Morgan fingerprint density at radius 2 is 2.10 bits per heavy atom. The maximum Gasteiger partial charge on any atom is 0.152 e. The SMILES string of the molecule is C=C.CN(C)/C=C(/Br)c1cc(N2CCC2)ncc1C=O. The molecule has 108 valence electrons. The van der Waals surface area contributed by atoms with E-state index in [1.165, 1.54) is 6.42 Å². The fraction of sp³-hybridized carbons (Fsp3) is 0.333. The number of halogens is 1. The molecule has 0 bridgehead atoms. The molecule has 1 aliphatic heterocycles. The van der Waals surface area contributed by atoms with Crippen molar-refractivity contribution < 1.29 is 4.79 Å². The van der Waals surface area contributed by atoms with Gasteiger partial charge in [0.1, 0.15) is 5.82 Å². The fourth-order valence-electron chi connectivity index (χ4n) is 1.77. The molecule has 0 aromatic carbocycles. The number of rotatable bonds is 4. The van der Waals surface area contributed by atoms with Gasteiger partial charge in [0.05, 0.1) is 0 Å². The number of nitrogens with zero attached hydrogens (tertiary/aromatic N) is 3. The van der Waals surface area contributed by atoms with Crippen molar-refractivity contribution in [2.75, 3.05) is 32.1 Å². The second kappa shape index (κ2) is 7.85. The first-order valence-electron chi connectivity index (χ1n) is 6.36. The number of carbonyl (C=O) groups is 1. The van der Waals surface area contributed by atoms with Gasteiger partial charge in [-0.3, -0.25) is 4.79 Å². The van der Waals surface area contributed by atoms with Crippen molar-refractivity contribution in [1.82, 2.24) is 9.88 Å². The summed E-state index contributed by atoms with van der Waals surface area (Å²) in [6.45, 7) is 8.09. The normalized spacial score (nSPS) is 13.9. The molecule has 0 N–H and O–H groups in total. The van der Waals surface area contributed by atoms with Crippen molar-refractivity contribution in [3.63, 3.8) is 0 Å². The van der Waals surface area contributed by atoms with Gasteiger partial charge >= 0.3 is 0 Å². The van der Waals surface area contributed by atoms with Gasteiger partial charge in [-0.25, -0.2) is 4.98 Å². The van der Waals surface area contributed by atoms with Crippen LogP contribution >= 0.6 is 15.9 Å². The van der Waals surface area contributed by atoms with Crippen LogP contribution in [0.25, 0.3) is 4.48 Å². The Morgan fingerprint density at radius 3 is 2.55 bits per heavy atom. The van der Waals surface area contributed by atoms with Crippen LogP contribution in [0.1, 0.15) is 22.3 Å². The van der Waals surface area contributed by atoms with Gasteiger partial charge in [0.2, 0.25) is 0 Å². The molecule has 0 saturated carbocycles. The van der Waals surface area contributed by atoms with Crippen LogP contribution in [0.2, 0.25) is 0 Å². The Morgan fingerprint density at radius 1 is 1.45 bits per heavy atom. The number of aldehydes is 1.